The van der Waals surface area contributed by atoms with Crippen molar-refractivity contribution in [3.05, 3.63) is 17.9 Å². The van der Waals surface area contributed by atoms with Gasteiger partial charge in [-0.05, 0) is 12.8 Å². The number of rotatable bonds is 5. The normalized spacial score (nSPS) is 19.3. The van der Waals surface area contributed by atoms with E-state index >= 15 is 0 Å². The number of benzene rings is 1. The molecule has 0 aliphatic carbocycles. The van der Waals surface area contributed by atoms with Crippen LogP contribution in [0, 0.1) is 11.7 Å². The van der Waals surface area contributed by atoms with Gasteiger partial charge < -0.3 is 15.2 Å². The summed E-state index contributed by atoms with van der Waals surface area (Å²) in [6.45, 7) is 0.158. The molecule has 1 saturated heterocycles. The molecule has 0 bridgehead atoms. The van der Waals surface area contributed by atoms with E-state index < -0.39 is 32.6 Å². The summed E-state index contributed by atoms with van der Waals surface area (Å²) >= 11 is 0. The summed E-state index contributed by atoms with van der Waals surface area (Å²) in [5, 5.41) is 0. The van der Waals surface area contributed by atoms with Crippen LogP contribution in [0.3, 0.4) is 0 Å². The number of nitrogens with two attached hydrogens (primary N) is 1. The molecule has 1 heterocycles. The van der Waals surface area contributed by atoms with Crippen molar-refractivity contribution in [2.24, 2.45) is 11.7 Å². The Labute approximate surface area is 134 Å². The Hall–Kier alpha value is -1.87. The predicted molar refractivity (Wildman–Crippen MR) is 80.2 cm³/mol. The highest BCUT2D eigenvalue weighted by atomic mass is 32.2. The summed E-state index contributed by atoms with van der Waals surface area (Å²) in [5.41, 5.74) is 5.25. The molecule has 1 aromatic rings. The van der Waals surface area contributed by atoms with Gasteiger partial charge in [0.2, 0.25) is 15.9 Å². The molecule has 2 rings (SSSR count). The molecule has 1 fully saturated rings. The lowest BCUT2D eigenvalue weighted by molar-refractivity contribution is -0.122. The second-order valence-corrected chi connectivity index (χ2v) is 7.15. The Morgan fingerprint density at radius 1 is 1.30 bits per heavy atom. The minimum atomic E-state index is -4.10. The number of nitrogens with zero attached hydrogens (tertiary/aromatic N) is 1. The standard InChI is InChI=1S/C14H19FN2O5S/c1-21-11-6-10(15)13(7-12(11)22-2)23(19,20)17-5-3-4-9(8-17)14(16)18/h6-7,9H,3-5,8H2,1-2H3,(H2,16,18). The molecule has 1 aromatic carbocycles. The predicted octanol–water partition coefficient (Wildman–Crippen LogP) is 0.729. The van der Waals surface area contributed by atoms with Crippen LogP contribution in [0.1, 0.15) is 12.8 Å². The maximum Gasteiger partial charge on any atom is 0.246 e. The minimum Gasteiger partial charge on any atom is -0.493 e. The van der Waals surface area contributed by atoms with Crippen molar-refractivity contribution in [3.63, 3.8) is 0 Å². The number of methoxy groups -OCH3 is 2. The first-order valence-corrected chi connectivity index (χ1v) is 8.46. The molecule has 0 saturated carbocycles. The second kappa shape index (κ2) is 6.71. The van der Waals surface area contributed by atoms with Crippen LogP contribution >= 0.6 is 0 Å². The van der Waals surface area contributed by atoms with E-state index in [4.69, 9.17) is 15.2 Å². The molecule has 1 aliphatic heterocycles. The van der Waals surface area contributed by atoms with Crippen LogP contribution in [-0.4, -0.2) is 45.9 Å². The number of ether oxygens (including phenoxy) is 2. The molecule has 128 valence electrons. The van der Waals surface area contributed by atoms with Gasteiger partial charge in [0.15, 0.2) is 11.5 Å². The number of piperidine rings is 1. The third-order valence-corrected chi connectivity index (χ3v) is 5.72. The first kappa shape index (κ1) is 17.5. The van der Waals surface area contributed by atoms with Crippen LogP contribution in [0.25, 0.3) is 0 Å². The molecule has 0 radical (unpaired) electrons. The first-order chi connectivity index (χ1) is 10.8. The number of hydrogen-bond donors (Lipinski definition) is 1. The lowest BCUT2D eigenvalue weighted by Crippen LogP contribution is -2.44. The SMILES string of the molecule is COc1cc(F)c(S(=O)(=O)N2CCCC(C(N)=O)C2)cc1OC. The highest BCUT2D eigenvalue weighted by molar-refractivity contribution is 7.89. The smallest absolute Gasteiger partial charge is 0.246 e. The van der Waals surface area contributed by atoms with Gasteiger partial charge >= 0.3 is 0 Å². The lowest BCUT2D eigenvalue weighted by atomic mass is 9.99. The third-order valence-electron chi connectivity index (χ3n) is 3.84. The molecular formula is C14H19FN2O5S. The van der Waals surface area contributed by atoms with E-state index in [2.05, 4.69) is 0 Å². The van der Waals surface area contributed by atoms with E-state index in [1.165, 1.54) is 14.2 Å². The van der Waals surface area contributed by atoms with Crippen molar-refractivity contribution >= 4 is 15.9 Å². The van der Waals surface area contributed by atoms with Crippen LogP contribution in [0.2, 0.25) is 0 Å². The van der Waals surface area contributed by atoms with Crippen molar-refractivity contribution in [3.8, 4) is 11.5 Å². The topological polar surface area (TPSA) is 98.9 Å². The van der Waals surface area contributed by atoms with Crippen molar-refractivity contribution in [1.82, 2.24) is 4.31 Å². The molecule has 0 aromatic heterocycles. The van der Waals surface area contributed by atoms with Crippen molar-refractivity contribution < 1.29 is 27.1 Å². The Kier molecular flexibility index (Phi) is 5.10. The minimum absolute atomic E-state index is 0.0501. The molecule has 0 spiro atoms. The maximum atomic E-state index is 14.2. The Morgan fingerprint density at radius 2 is 1.91 bits per heavy atom. The third kappa shape index (κ3) is 3.40. The van der Waals surface area contributed by atoms with E-state index in [1.54, 1.807) is 0 Å². The molecule has 9 heteroatoms. The maximum absolute atomic E-state index is 14.2. The zero-order chi connectivity index (χ0) is 17.2. The molecule has 2 N–H and O–H groups in total. The van der Waals surface area contributed by atoms with Crippen LogP contribution in [0.15, 0.2) is 17.0 Å². The van der Waals surface area contributed by atoms with Gasteiger partial charge in [-0.15, -0.1) is 0 Å². The van der Waals surface area contributed by atoms with Gasteiger partial charge in [0.1, 0.15) is 10.7 Å². The van der Waals surface area contributed by atoms with Crippen molar-refractivity contribution in [1.29, 1.82) is 0 Å². The average molecular weight is 346 g/mol. The summed E-state index contributed by atoms with van der Waals surface area (Å²) in [6.07, 6.45) is 1.01. The Balaban J connectivity index is 2.41. The van der Waals surface area contributed by atoms with Crippen LogP contribution < -0.4 is 15.2 Å². The van der Waals surface area contributed by atoms with Gasteiger partial charge in [-0.2, -0.15) is 4.31 Å². The zero-order valence-corrected chi connectivity index (χ0v) is 13.7. The first-order valence-electron chi connectivity index (χ1n) is 7.02. The molecule has 7 nitrogen and oxygen atoms in total. The molecule has 1 unspecified atom stereocenters. The fourth-order valence-corrected chi connectivity index (χ4v) is 4.15. The van der Waals surface area contributed by atoms with Gasteiger partial charge in [0.05, 0.1) is 20.1 Å². The van der Waals surface area contributed by atoms with Crippen LogP contribution in [-0.2, 0) is 14.8 Å². The van der Waals surface area contributed by atoms with E-state index in [0.717, 1.165) is 16.4 Å². The van der Waals surface area contributed by atoms with Crippen LogP contribution in [0.5, 0.6) is 11.5 Å². The second-order valence-electron chi connectivity index (χ2n) is 5.24. The average Bonchev–Trinajstić information content (AvgIpc) is 2.54. The largest absolute Gasteiger partial charge is 0.493 e. The van der Waals surface area contributed by atoms with E-state index in [1.807, 2.05) is 0 Å². The van der Waals surface area contributed by atoms with Gasteiger partial charge in [-0.3, -0.25) is 4.79 Å². The summed E-state index contributed by atoms with van der Waals surface area (Å²) in [5.74, 6) is -1.86. The highest BCUT2D eigenvalue weighted by Gasteiger charge is 2.34. The number of sulfonamides is 1. The van der Waals surface area contributed by atoms with Crippen molar-refractivity contribution in [2.45, 2.75) is 17.7 Å². The van der Waals surface area contributed by atoms with Gasteiger partial charge in [0, 0.05) is 25.2 Å². The number of amides is 1. The summed E-state index contributed by atoms with van der Waals surface area (Å²) in [4.78, 5) is 10.8. The number of carbonyl (C=O) groups is 1. The van der Waals surface area contributed by atoms with Gasteiger partial charge in [-0.1, -0.05) is 0 Å². The Morgan fingerprint density at radius 3 is 2.48 bits per heavy atom. The van der Waals surface area contributed by atoms with Crippen LogP contribution in [0.4, 0.5) is 4.39 Å². The quantitative estimate of drug-likeness (QED) is 0.847. The fourth-order valence-electron chi connectivity index (χ4n) is 2.57. The van der Waals surface area contributed by atoms with E-state index in [-0.39, 0.29) is 24.6 Å². The van der Waals surface area contributed by atoms with E-state index in [0.29, 0.717) is 12.8 Å². The number of hydrogen-bond acceptors (Lipinski definition) is 5. The summed E-state index contributed by atoms with van der Waals surface area (Å²) in [7, 11) is -1.45. The number of primary amides is 1. The molecule has 1 amide bonds. The molecule has 1 aliphatic rings. The number of carbonyl (C=O) groups excluding carboxylic acids is 1. The highest BCUT2D eigenvalue weighted by Crippen LogP contribution is 2.34. The summed E-state index contributed by atoms with van der Waals surface area (Å²) in [6, 6.07) is 2.04. The molecule has 23 heavy (non-hydrogen) atoms. The summed E-state index contributed by atoms with van der Waals surface area (Å²) < 4.78 is 50.6. The van der Waals surface area contributed by atoms with E-state index in [9.17, 15) is 17.6 Å². The van der Waals surface area contributed by atoms with Gasteiger partial charge in [-0.25, -0.2) is 12.8 Å². The number of halogens is 1. The fraction of sp³-hybridized carbons (Fsp3) is 0.500. The zero-order valence-electron chi connectivity index (χ0n) is 12.9. The Bertz CT molecular complexity index is 707. The molecular weight excluding hydrogens is 327 g/mol. The van der Waals surface area contributed by atoms with Gasteiger partial charge in [0.25, 0.3) is 0 Å². The monoisotopic (exact) mass is 346 g/mol. The van der Waals surface area contributed by atoms with Crippen molar-refractivity contribution in [2.75, 3.05) is 27.3 Å². The lowest BCUT2D eigenvalue weighted by Gasteiger charge is -2.30. The molecule has 1 atom stereocenters.